The molecule has 0 radical (unpaired) electrons. The van der Waals surface area contributed by atoms with Crippen molar-refractivity contribution < 1.29 is 31.4 Å². The number of rotatable bonds is 2. The average molecular weight is 341 g/mol. The maximum atomic E-state index is 13.2. The molecule has 0 aromatic heterocycles. The summed E-state index contributed by atoms with van der Waals surface area (Å²) < 4.78 is 76.9. The first-order valence-electron chi connectivity index (χ1n) is 6.42. The van der Waals surface area contributed by atoms with Gasteiger partial charge in [0.2, 0.25) is 0 Å². The molecule has 1 heterocycles. The van der Waals surface area contributed by atoms with Gasteiger partial charge in [-0.05, 0) is 30.7 Å². The highest BCUT2D eigenvalue weighted by atomic mass is 19.4. The molecule has 23 heavy (non-hydrogen) atoms. The van der Waals surface area contributed by atoms with E-state index in [0.29, 0.717) is 11.3 Å². The minimum atomic E-state index is -5.20. The first-order chi connectivity index (χ1) is 10.3. The standard InChI is InChI=1S/C13H13F6N3O/c1-7-4-9(2-3-10(7)20)22-11(23,13(17,18)19)5-8(21-22)6-12(14,15)16/h2-4,23H,5-6,20H2,1H3. The number of anilines is 2. The molecule has 3 N–H and O–H groups in total. The lowest BCUT2D eigenvalue weighted by Gasteiger charge is -2.34. The quantitative estimate of drug-likeness (QED) is 0.641. The monoisotopic (exact) mass is 341 g/mol. The number of aryl methyl sites for hydroxylation is 1. The summed E-state index contributed by atoms with van der Waals surface area (Å²) in [5.74, 6) is 0. The summed E-state index contributed by atoms with van der Waals surface area (Å²) in [5, 5.41) is 13.5. The van der Waals surface area contributed by atoms with Gasteiger partial charge in [0.15, 0.2) is 0 Å². The molecule has 10 heteroatoms. The van der Waals surface area contributed by atoms with Crippen molar-refractivity contribution in [1.29, 1.82) is 0 Å². The summed E-state index contributed by atoms with van der Waals surface area (Å²) >= 11 is 0. The second kappa shape index (κ2) is 5.29. The molecule has 1 aromatic carbocycles. The largest absolute Gasteiger partial charge is 0.438 e. The third-order valence-corrected chi connectivity index (χ3v) is 3.40. The molecule has 128 valence electrons. The van der Waals surface area contributed by atoms with Gasteiger partial charge < -0.3 is 10.8 Å². The van der Waals surface area contributed by atoms with Gasteiger partial charge >= 0.3 is 12.4 Å². The normalized spacial score (nSPS) is 22.4. The van der Waals surface area contributed by atoms with Crippen molar-refractivity contribution in [1.82, 2.24) is 0 Å². The SMILES string of the molecule is Cc1cc(N2N=C(CC(F)(F)F)CC2(O)C(F)(F)F)ccc1N. The third kappa shape index (κ3) is 3.36. The van der Waals surface area contributed by atoms with E-state index in [1.165, 1.54) is 19.1 Å². The molecule has 1 unspecified atom stereocenters. The van der Waals surface area contributed by atoms with Gasteiger partial charge in [-0.1, -0.05) is 0 Å². The van der Waals surface area contributed by atoms with Crippen molar-refractivity contribution in [3.8, 4) is 0 Å². The fourth-order valence-corrected chi connectivity index (χ4v) is 2.23. The van der Waals surface area contributed by atoms with E-state index in [0.717, 1.165) is 6.07 Å². The predicted octanol–water partition coefficient (Wildman–Crippen LogP) is 3.35. The van der Waals surface area contributed by atoms with Gasteiger partial charge in [-0.15, -0.1) is 0 Å². The predicted molar refractivity (Wildman–Crippen MR) is 71.8 cm³/mol. The highest BCUT2D eigenvalue weighted by Gasteiger charge is 2.62. The fourth-order valence-electron chi connectivity index (χ4n) is 2.23. The fraction of sp³-hybridized carbons (Fsp3) is 0.462. The second-order valence-corrected chi connectivity index (χ2v) is 5.30. The Balaban J connectivity index is 2.47. The number of aliphatic hydroxyl groups is 1. The summed E-state index contributed by atoms with van der Waals surface area (Å²) in [6.45, 7) is 1.52. The molecule has 0 spiro atoms. The lowest BCUT2D eigenvalue weighted by Crippen LogP contribution is -2.55. The Bertz CT molecular complexity index is 640. The van der Waals surface area contributed by atoms with Gasteiger partial charge in [0.05, 0.1) is 17.8 Å². The Labute approximate surface area is 127 Å². The average Bonchev–Trinajstić information content (AvgIpc) is 2.68. The Morgan fingerprint density at radius 1 is 1.26 bits per heavy atom. The Morgan fingerprint density at radius 3 is 2.35 bits per heavy atom. The minimum absolute atomic E-state index is 0.167. The highest BCUT2D eigenvalue weighted by Crippen LogP contribution is 2.44. The smallest absolute Gasteiger partial charge is 0.399 e. The summed E-state index contributed by atoms with van der Waals surface area (Å²) in [5.41, 5.74) is 1.74. The lowest BCUT2D eigenvalue weighted by molar-refractivity contribution is -0.254. The molecule has 0 saturated heterocycles. The van der Waals surface area contributed by atoms with E-state index in [2.05, 4.69) is 5.10 Å². The van der Waals surface area contributed by atoms with Crippen LogP contribution in [0.25, 0.3) is 0 Å². The molecule has 0 bridgehead atoms. The second-order valence-electron chi connectivity index (χ2n) is 5.30. The zero-order valence-corrected chi connectivity index (χ0v) is 11.8. The Hall–Kier alpha value is -1.97. The minimum Gasteiger partial charge on any atom is -0.399 e. The van der Waals surface area contributed by atoms with Gasteiger partial charge in [0.25, 0.3) is 5.72 Å². The van der Waals surface area contributed by atoms with Crippen LogP contribution in [0.2, 0.25) is 0 Å². The van der Waals surface area contributed by atoms with E-state index in [1.54, 1.807) is 0 Å². The molecule has 1 aliphatic rings. The van der Waals surface area contributed by atoms with E-state index < -0.39 is 36.6 Å². The Kier molecular flexibility index (Phi) is 4.00. The molecule has 0 saturated carbocycles. The molecule has 0 fully saturated rings. The number of hydrazone groups is 1. The van der Waals surface area contributed by atoms with E-state index in [4.69, 9.17) is 5.73 Å². The number of alkyl halides is 6. The van der Waals surface area contributed by atoms with Crippen LogP contribution < -0.4 is 10.7 Å². The summed E-state index contributed by atoms with van der Waals surface area (Å²) in [6, 6.07) is 3.66. The third-order valence-electron chi connectivity index (χ3n) is 3.40. The van der Waals surface area contributed by atoms with Crippen molar-refractivity contribution in [3.05, 3.63) is 23.8 Å². The van der Waals surface area contributed by atoms with Crippen molar-refractivity contribution in [3.63, 3.8) is 0 Å². The van der Waals surface area contributed by atoms with Crippen LogP contribution in [0.5, 0.6) is 0 Å². The van der Waals surface area contributed by atoms with Crippen LogP contribution in [0.15, 0.2) is 23.3 Å². The van der Waals surface area contributed by atoms with E-state index in [1.807, 2.05) is 0 Å². The van der Waals surface area contributed by atoms with Crippen LogP contribution in [0.1, 0.15) is 18.4 Å². The molecule has 1 aliphatic heterocycles. The summed E-state index contributed by atoms with van der Waals surface area (Å²) in [4.78, 5) is 0. The van der Waals surface area contributed by atoms with Gasteiger partial charge in [0.1, 0.15) is 0 Å². The van der Waals surface area contributed by atoms with Crippen LogP contribution in [-0.4, -0.2) is 28.9 Å². The number of nitrogens with two attached hydrogens (primary N) is 1. The molecule has 4 nitrogen and oxygen atoms in total. The number of halogens is 6. The van der Waals surface area contributed by atoms with Gasteiger partial charge in [-0.25, -0.2) is 5.01 Å². The van der Waals surface area contributed by atoms with Gasteiger partial charge in [0, 0.05) is 12.1 Å². The molecule has 0 aliphatic carbocycles. The topological polar surface area (TPSA) is 61.8 Å². The van der Waals surface area contributed by atoms with E-state index in [9.17, 15) is 31.4 Å². The molecule has 1 atom stereocenters. The van der Waals surface area contributed by atoms with Crippen LogP contribution in [-0.2, 0) is 0 Å². The van der Waals surface area contributed by atoms with Crippen LogP contribution >= 0.6 is 0 Å². The van der Waals surface area contributed by atoms with E-state index in [-0.39, 0.29) is 10.7 Å². The molecular formula is C13H13F6N3O. The van der Waals surface area contributed by atoms with Crippen LogP contribution in [0.3, 0.4) is 0 Å². The van der Waals surface area contributed by atoms with Crippen molar-refractivity contribution in [2.24, 2.45) is 5.10 Å². The number of hydrogen-bond donors (Lipinski definition) is 2. The maximum Gasteiger partial charge on any atom is 0.438 e. The zero-order chi connectivity index (χ0) is 17.6. The molecular weight excluding hydrogens is 328 g/mol. The van der Waals surface area contributed by atoms with Crippen molar-refractivity contribution in [2.75, 3.05) is 10.7 Å². The van der Waals surface area contributed by atoms with Crippen LogP contribution in [0.4, 0.5) is 37.7 Å². The molecule has 2 rings (SSSR count). The van der Waals surface area contributed by atoms with Gasteiger partial charge in [-0.2, -0.15) is 31.4 Å². The van der Waals surface area contributed by atoms with Crippen molar-refractivity contribution in [2.45, 2.75) is 37.8 Å². The number of nitrogen functional groups attached to an aromatic ring is 1. The first kappa shape index (κ1) is 17.4. The molecule has 0 amide bonds. The van der Waals surface area contributed by atoms with Crippen LogP contribution in [0, 0.1) is 6.92 Å². The summed E-state index contributed by atoms with van der Waals surface area (Å²) in [6.07, 6.45) is -12.8. The van der Waals surface area contributed by atoms with Crippen molar-refractivity contribution >= 4 is 17.1 Å². The number of hydrogen-bond acceptors (Lipinski definition) is 4. The Morgan fingerprint density at radius 2 is 1.87 bits per heavy atom. The zero-order valence-electron chi connectivity index (χ0n) is 11.8. The van der Waals surface area contributed by atoms with Gasteiger partial charge in [-0.3, -0.25) is 0 Å². The molecule has 1 aromatic rings. The highest BCUT2D eigenvalue weighted by molar-refractivity contribution is 5.90. The van der Waals surface area contributed by atoms with E-state index >= 15 is 0 Å². The maximum absolute atomic E-state index is 13.2. The lowest BCUT2D eigenvalue weighted by atomic mass is 10.0. The number of nitrogens with zero attached hydrogens (tertiary/aromatic N) is 2. The number of benzene rings is 1. The first-order valence-corrected chi connectivity index (χ1v) is 6.42. The summed E-state index contributed by atoms with van der Waals surface area (Å²) in [7, 11) is 0.